The Hall–Kier alpha value is -0.540. The van der Waals surface area contributed by atoms with E-state index in [1.54, 1.807) is 0 Å². The first-order valence-corrected chi connectivity index (χ1v) is 7.56. The van der Waals surface area contributed by atoms with E-state index in [1.165, 1.54) is 0 Å². The van der Waals surface area contributed by atoms with Crippen molar-refractivity contribution < 1.29 is 9.84 Å². The van der Waals surface area contributed by atoms with E-state index in [9.17, 15) is 5.11 Å². The predicted octanol–water partition coefficient (Wildman–Crippen LogP) is 4.60. The van der Waals surface area contributed by atoms with Gasteiger partial charge in [-0.15, -0.1) is 0 Å². The summed E-state index contributed by atoms with van der Waals surface area (Å²) in [6.45, 7) is 4.33. The molecular formula is C15H21BrO2. The highest BCUT2D eigenvalue weighted by Gasteiger charge is 2.38. The largest absolute Gasteiger partial charge is 0.487 e. The minimum atomic E-state index is -0.414. The van der Waals surface area contributed by atoms with Crippen LogP contribution in [0.25, 0.3) is 0 Å². The highest BCUT2D eigenvalue weighted by molar-refractivity contribution is 9.10. The van der Waals surface area contributed by atoms with Crippen LogP contribution in [-0.4, -0.2) is 10.7 Å². The van der Waals surface area contributed by atoms with Crippen LogP contribution in [0.2, 0.25) is 0 Å². The minimum Gasteiger partial charge on any atom is -0.487 e. The van der Waals surface area contributed by atoms with Crippen LogP contribution in [0.3, 0.4) is 0 Å². The summed E-state index contributed by atoms with van der Waals surface area (Å²) in [6, 6.07) is 5.88. The molecule has 0 aromatic heterocycles. The van der Waals surface area contributed by atoms with Crippen LogP contribution < -0.4 is 4.74 Å². The van der Waals surface area contributed by atoms with E-state index in [2.05, 4.69) is 29.8 Å². The molecule has 1 heterocycles. The number of ether oxygens (including phenoxy) is 1. The van der Waals surface area contributed by atoms with E-state index >= 15 is 0 Å². The highest BCUT2D eigenvalue weighted by atomic mass is 79.9. The summed E-state index contributed by atoms with van der Waals surface area (Å²) in [5.74, 6) is 0.843. The standard InChI is InChI=1S/C15H21BrO2/c1-3-5-8-15(4-2)10-13(17)12-9-11(16)6-7-14(12)18-15/h6-7,9,13,17H,3-5,8,10H2,1-2H3/t13-,15?/m1/s1. The molecule has 2 nitrogen and oxygen atoms in total. The first kappa shape index (κ1) is 13.9. The SMILES string of the molecule is CCCCC1(CC)C[C@@H](O)c2cc(Br)ccc2O1. The van der Waals surface area contributed by atoms with Crippen LogP contribution in [0.15, 0.2) is 22.7 Å². The van der Waals surface area contributed by atoms with E-state index in [0.717, 1.165) is 41.5 Å². The second-order valence-corrected chi connectivity index (χ2v) is 6.06. The molecule has 2 atom stereocenters. The Kier molecular flexibility index (Phi) is 4.33. The monoisotopic (exact) mass is 312 g/mol. The zero-order valence-corrected chi connectivity index (χ0v) is 12.7. The Morgan fingerprint density at radius 2 is 2.22 bits per heavy atom. The fourth-order valence-electron chi connectivity index (χ4n) is 2.66. The number of rotatable bonds is 4. The van der Waals surface area contributed by atoms with Gasteiger partial charge in [-0.1, -0.05) is 36.2 Å². The lowest BCUT2D eigenvalue weighted by Gasteiger charge is -2.40. The first-order valence-electron chi connectivity index (χ1n) is 6.77. The summed E-state index contributed by atoms with van der Waals surface area (Å²) >= 11 is 3.44. The number of unbranched alkanes of at least 4 members (excludes halogenated alkanes) is 1. The zero-order chi connectivity index (χ0) is 13.2. The second-order valence-electron chi connectivity index (χ2n) is 5.14. The third-order valence-electron chi connectivity index (χ3n) is 3.85. The number of hydrogen-bond donors (Lipinski definition) is 1. The smallest absolute Gasteiger partial charge is 0.126 e. The van der Waals surface area contributed by atoms with Gasteiger partial charge in [-0.2, -0.15) is 0 Å². The lowest BCUT2D eigenvalue weighted by Crippen LogP contribution is -2.40. The minimum absolute atomic E-state index is 0.184. The number of aliphatic hydroxyl groups is 1. The maximum atomic E-state index is 10.4. The molecule has 0 aliphatic carbocycles. The molecule has 3 heteroatoms. The van der Waals surface area contributed by atoms with Crippen molar-refractivity contribution in [1.82, 2.24) is 0 Å². The van der Waals surface area contributed by atoms with E-state index in [1.807, 2.05) is 18.2 Å². The van der Waals surface area contributed by atoms with Crippen molar-refractivity contribution >= 4 is 15.9 Å². The molecule has 100 valence electrons. The number of halogens is 1. The fraction of sp³-hybridized carbons (Fsp3) is 0.600. The van der Waals surface area contributed by atoms with Crippen molar-refractivity contribution in [2.45, 2.75) is 57.7 Å². The first-order chi connectivity index (χ1) is 8.60. The van der Waals surface area contributed by atoms with Gasteiger partial charge in [0.2, 0.25) is 0 Å². The molecule has 2 rings (SSSR count). The summed E-state index contributed by atoms with van der Waals surface area (Å²) in [7, 11) is 0. The van der Waals surface area contributed by atoms with E-state index in [0.29, 0.717) is 6.42 Å². The highest BCUT2D eigenvalue weighted by Crippen LogP contribution is 2.44. The van der Waals surface area contributed by atoms with Gasteiger partial charge in [0, 0.05) is 16.5 Å². The van der Waals surface area contributed by atoms with E-state index in [-0.39, 0.29) is 5.60 Å². The van der Waals surface area contributed by atoms with Crippen molar-refractivity contribution in [3.8, 4) is 5.75 Å². The summed E-state index contributed by atoms with van der Waals surface area (Å²) in [4.78, 5) is 0. The van der Waals surface area contributed by atoms with Crippen molar-refractivity contribution in [3.05, 3.63) is 28.2 Å². The van der Waals surface area contributed by atoms with Gasteiger partial charge in [-0.3, -0.25) is 0 Å². The molecule has 0 saturated heterocycles. The van der Waals surface area contributed by atoms with Gasteiger partial charge < -0.3 is 9.84 Å². The summed E-state index contributed by atoms with van der Waals surface area (Å²) in [5.41, 5.74) is 0.723. The van der Waals surface area contributed by atoms with Crippen LogP contribution in [-0.2, 0) is 0 Å². The molecule has 0 saturated carbocycles. The number of benzene rings is 1. The van der Waals surface area contributed by atoms with Crippen LogP contribution >= 0.6 is 15.9 Å². The molecule has 0 spiro atoms. The maximum Gasteiger partial charge on any atom is 0.126 e. The number of aliphatic hydroxyl groups excluding tert-OH is 1. The van der Waals surface area contributed by atoms with Gasteiger partial charge in [-0.25, -0.2) is 0 Å². The molecule has 1 unspecified atom stereocenters. The number of fused-ring (bicyclic) bond motifs is 1. The molecule has 0 radical (unpaired) electrons. The average Bonchev–Trinajstić information content (AvgIpc) is 2.37. The van der Waals surface area contributed by atoms with Gasteiger partial charge in [0.25, 0.3) is 0 Å². The lowest BCUT2D eigenvalue weighted by atomic mass is 9.83. The molecule has 1 aliphatic heterocycles. The van der Waals surface area contributed by atoms with Gasteiger partial charge in [0.15, 0.2) is 0 Å². The maximum absolute atomic E-state index is 10.4. The quantitative estimate of drug-likeness (QED) is 0.880. The Morgan fingerprint density at radius 3 is 2.89 bits per heavy atom. The molecule has 1 N–H and O–H groups in total. The van der Waals surface area contributed by atoms with E-state index < -0.39 is 6.10 Å². The van der Waals surface area contributed by atoms with Crippen molar-refractivity contribution in [1.29, 1.82) is 0 Å². The van der Waals surface area contributed by atoms with Crippen molar-refractivity contribution in [2.24, 2.45) is 0 Å². The van der Waals surface area contributed by atoms with Crippen LogP contribution in [0.1, 0.15) is 57.6 Å². The van der Waals surface area contributed by atoms with Crippen LogP contribution in [0.5, 0.6) is 5.75 Å². The predicted molar refractivity (Wildman–Crippen MR) is 76.9 cm³/mol. The molecule has 0 fully saturated rings. The summed E-state index contributed by atoms with van der Waals surface area (Å²) in [6.07, 6.45) is 4.56. The lowest BCUT2D eigenvalue weighted by molar-refractivity contribution is -0.0241. The third-order valence-corrected chi connectivity index (χ3v) is 4.35. The Morgan fingerprint density at radius 1 is 1.44 bits per heavy atom. The number of hydrogen-bond acceptors (Lipinski definition) is 2. The van der Waals surface area contributed by atoms with Gasteiger partial charge in [0.1, 0.15) is 11.4 Å². The molecule has 0 bridgehead atoms. The molecule has 1 aliphatic rings. The zero-order valence-electron chi connectivity index (χ0n) is 11.1. The third kappa shape index (κ3) is 2.72. The van der Waals surface area contributed by atoms with Crippen molar-refractivity contribution in [2.75, 3.05) is 0 Å². The second kappa shape index (κ2) is 5.62. The Bertz CT molecular complexity index is 419. The van der Waals surface area contributed by atoms with Crippen molar-refractivity contribution in [3.63, 3.8) is 0 Å². The normalized spacial score (nSPS) is 26.6. The summed E-state index contributed by atoms with van der Waals surface area (Å²) < 4.78 is 7.20. The van der Waals surface area contributed by atoms with Gasteiger partial charge >= 0.3 is 0 Å². The molecule has 1 aromatic carbocycles. The van der Waals surface area contributed by atoms with Gasteiger partial charge in [-0.05, 0) is 37.5 Å². The Labute approximate surface area is 117 Å². The molecular weight excluding hydrogens is 292 g/mol. The topological polar surface area (TPSA) is 29.5 Å². The average molecular weight is 313 g/mol. The van der Waals surface area contributed by atoms with Crippen LogP contribution in [0, 0.1) is 0 Å². The Balaban J connectivity index is 2.27. The van der Waals surface area contributed by atoms with Gasteiger partial charge in [0.05, 0.1) is 6.10 Å². The summed E-state index contributed by atoms with van der Waals surface area (Å²) in [5, 5.41) is 10.4. The molecule has 18 heavy (non-hydrogen) atoms. The molecule has 1 aromatic rings. The fourth-order valence-corrected chi connectivity index (χ4v) is 3.03. The van der Waals surface area contributed by atoms with E-state index in [4.69, 9.17) is 4.74 Å². The van der Waals surface area contributed by atoms with Crippen LogP contribution in [0.4, 0.5) is 0 Å². The molecule has 0 amide bonds.